The Morgan fingerprint density at radius 1 is 1.26 bits per heavy atom. The summed E-state index contributed by atoms with van der Waals surface area (Å²) in [4.78, 5) is 11.3. The van der Waals surface area contributed by atoms with E-state index in [2.05, 4.69) is 0 Å². The highest BCUT2D eigenvalue weighted by molar-refractivity contribution is 6.32. The molecule has 1 aromatic heterocycles. The molecular weight excluding hydrogens is 262 g/mol. The molecule has 0 bridgehead atoms. The fourth-order valence-corrected chi connectivity index (χ4v) is 1.88. The van der Waals surface area contributed by atoms with Crippen molar-refractivity contribution in [1.29, 1.82) is 0 Å². The van der Waals surface area contributed by atoms with Crippen LogP contribution in [0.15, 0.2) is 48.8 Å². The van der Waals surface area contributed by atoms with Crippen LogP contribution in [-0.2, 0) is 6.54 Å². The molecule has 0 amide bonds. The third-order valence-electron chi connectivity index (χ3n) is 2.71. The molecule has 0 spiro atoms. The number of benzene rings is 1. The van der Waals surface area contributed by atoms with E-state index in [1.165, 1.54) is 0 Å². The number of nitrogens with zero attached hydrogens (tertiary/aromatic N) is 1. The monoisotopic (exact) mass is 276 g/mol. The molecule has 2 aromatic rings. The number of pyridine rings is 1. The maximum atomic E-state index is 11.3. The molecule has 98 valence electrons. The molecule has 0 atom stereocenters. The number of hydrogen-bond acceptors (Lipinski definition) is 2. The van der Waals surface area contributed by atoms with Crippen LogP contribution in [0.4, 0.5) is 0 Å². The molecule has 4 heteroatoms. The van der Waals surface area contributed by atoms with Crippen LogP contribution in [0.25, 0.3) is 0 Å². The summed E-state index contributed by atoms with van der Waals surface area (Å²) in [6.07, 6.45) is 3.72. The van der Waals surface area contributed by atoms with Gasteiger partial charge in [-0.2, -0.15) is 0 Å². The number of carbonyl (C=O) groups is 1. The van der Waals surface area contributed by atoms with Crippen molar-refractivity contribution in [2.24, 2.45) is 0 Å². The lowest BCUT2D eigenvalue weighted by atomic mass is 10.2. The number of Topliss-reactive ketones (excluding diaryl/α,β-unsaturated/α-hetero) is 1. The van der Waals surface area contributed by atoms with Gasteiger partial charge in [-0.1, -0.05) is 23.7 Å². The highest BCUT2D eigenvalue weighted by Crippen LogP contribution is 2.22. The van der Waals surface area contributed by atoms with Gasteiger partial charge in [-0.3, -0.25) is 4.79 Å². The molecule has 0 aliphatic rings. The Kier molecular flexibility index (Phi) is 4.53. The lowest BCUT2D eigenvalue weighted by Crippen LogP contribution is -2.36. The average molecular weight is 277 g/mol. The van der Waals surface area contributed by atoms with Crippen LogP contribution in [0.1, 0.15) is 17.3 Å². The van der Waals surface area contributed by atoms with Crippen molar-refractivity contribution < 1.29 is 14.1 Å². The van der Waals surface area contributed by atoms with Crippen molar-refractivity contribution >= 4 is 17.4 Å². The van der Waals surface area contributed by atoms with E-state index in [4.69, 9.17) is 16.3 Å². The molecule has 19 heavy (non-hydrogen) atoms. The first-order chi connectivity index (χ1) is 9.16. The number of ketones is 1. The van der Waals surface area contributed by atoms with Crippen LogP contribution < -0.4 is 9.30 Å². The number of halogens is 1. The van der Waals surface area contributed by atoms with E-state index >= 15 is 0 Å². The summed E-state index contributed by atoms with van der Waals surface area (Å²) in [7, 11) is 0. The van der Waals surface area contributed by atoms with Crippen LogP contribution in [0, 0.1) is 0 Å². The zero-order valence-corrected chi connectivity index (χ0v) is 11.4. The first kappa shape index (κ1) is 13.6. The van der Waals surface area contributed by atoms with Gasteiger partial charge in [-0.25, -0.2) is 4.57 Å². The standard InChI is InChI=1S/C15H15ClNO2/c1-12(18)13-5-4-8-17(11-13)9-10-19-15-7-3-2-6-14(15)16/h2-8,11H,9-10H2,1H3/q+1. The number of ether oxygens (including phenoxy) is 1. The fraction of sp³-hybridized carbons (Fsp3) is 0.200. The van der Waals surface area contributed by atoms with Crippen LogP contribution >= 0.6 is 11.6 Å². The molecule has 0 unspecified atom stereocenters. The topological polar surface area (TPSA) is 30.2 Å². The average Bonchev–Trinajstić information content (AvgIpc) is 2.41. The third kappa shape index (κ3) is 3.80. The van der Waals surface area contributed by atoms with Gasteiger partial charge in [-0.15, -0.1) is 0 Å². The summed E-state index contributed by atoms with van der Waals surface area (Å²) in [5.74, 6) is 0.730. The van der Waals surface area contributed by atoms with Gasteiger partial charge in [0.1, 0.15) is 12.4 Å². The third-order valence-corrected chi connectivity index (χ3v) is 3.02. The van der Waals surface area contributed by atoms with Crippen LogP contribution in [0.2, 0.25) is 5.02 Å². The Morgan fingerprint density at radius 3 is 2.79 bits per heavy atom. The van der Waals surface area contributed by atoms with Gasteiger partial charge >= 0.3 is 0 Å². The number of carbonyl (C=O) groups excluding carboxylic acids is 1. The predicted octanol–water partition coefficient (Wildman–Crippen LogP) is 2.91. The van der Waals surface area contributed by atoms with E-state index in [1.807, 2.05) is 41.2 Å². The van der Waals surface area contributed by atoms with E-state index in [1.54, 1.807) is 19.1 Å². The Balaban J connectivity index is 1.94. The van der Waals surface area contributed by atoms with Crippen molar-refractivity contribution in [3.8, 4) is 5.75 Å². The molecule has 0 radical (unpaired) electrons. The second-order valence-corrected chi connectivity index (χ2v) is 4.57. The second-order valence-electron chi connectivity index (χ2n) is 4.17. The zero-order valence-electron chi connectivity index (χ0n) is 10.7. The first-order valence-electron chi connectivity index (χ1n) is 6.04. The van der Waals surface area contributed by atoms with Gasteiger partial charge in [-0.05, 0) is 25.1 Å². The second kappa shape index (κ2) is 6.34. The molecule has 0 saturated carbocycles. The van der Waals surface area contributed by atoms with Gasteiger partial charge in [0.05, 0.1) is 10.6 Å². The van der Waals surface area contributed by atoms with Gasteiger partial charge in [0.2, 0.25) is 0 Å². The van der Waals surface area contributed by atoms with Crippen LogP contribution in [0.3, 0.4) is 0 Å². The van der Waals surface area contributed by atoms with Crippen LogP contribution in [-0.4, -0.2) is 12.4 Å². The smallest absolute Gasteiger partial charge is 0.182 e. The maximum Gasteiger partial charge on any atom is 0.182 e. The summed E-state index contributed by atoms with van der Waals surface area (Å²) >= 11 is 6.00. The molecule has 0 fully saturated rings. The summed E-state index contributed by atoms with van der Waals surface area (Å²) in [6, 6.07) is 11.0. The lowest BCUT2D eigenvalue weighted by molar-refractivity contribution is -0.697. The van der Waals surface area contributed by atoms with Crippen LogP contribution in [0.5, 0.6) is 5.75 Å². The van der Waals surface area contributed by atoms with E-state index in [-0.39, 0.29) is 5.78 Å². The molecule has 0 saturated heterocycles. The van der Waals surface area contributed by atoms with Crippen molar-refractivity contribution in [3.05, 3.63) is 59.4 Å². The number of hydrogen-bond donors (Lipinski definition) is 0. The zero-order chi connectivity index (χ0) is 13.7. The number of aromatic nitrogens is 1. The lowest BCUT2D eigenvalue weighted by Gasteiger charge is -2.05. The van der Waals surface area contributed by atoms with E-state index in [9.17, 15) is 4.79 Å². The number of para-hydroxylation sites is 1. The maximum absolute atomic E-state index is 11.3. The Labute approximate surface area is 117 Å². The van der Waals surface area contributed by atoms with E-state index < -0.39 is 0 Å². The highest BCUT2D eigenvalue weighted by atomic mass is 35.5. The Morgan fingerprint density at radius 2 is 2.05 bits per heavy atom. The Bertz CT molecular complexity index is 584. The molecule has 0 aliphatic carbocycles. The summed E-state index contributed by atoms with van der Waals surface area (Å²) < 4.78 is 7.53. The minimum atomic E-state index is 0.0568. The molecule has 0 aliphatic heterocycles. The summed E-state index contributed by atoms with van der Waals surface area (Å²) in [6.45, 7) is 2.71. The van der Waals surface area contributed by atoms with Gasteiger partial charge in [0.15, 0.2) is 24.7 Å². The van der Waals surface area contributed by atoms with Crippen molar-refractivity contribution in [2.45, 2.75) is 13.5 Å². The largest absolute Gasteiger partial charge is 0.485 e. The molecule has 1 aromatic carbocycles. The van der Waals surface area contributed by atoms with Crippen molar-refractivity contribution in [2.75, 3.05) is 6.61 Å². The molecule has 3 nitrogen and oxygen atoms in total. The molecule has 0 N–H and O–H groups in total. The summed E-state index contributed by atoms with van der Waals surface area (Å²) in [5.41, 5.74) is 0.695. The van der Waals surface area contributed by atoms with E-state index in [0.717, 1.165) is 0 Å². The SMILES string of the molecule is CC(=O)c1ccc[n+](CCOc2ccccc2Cl)c1. The van der Waals surface area contributed by atoms with Crippen molar-refractivity contribution in [1.82, 2.24) is 0 Å². The van der Waals surface area contributed by atoms with Gasteiger partial charge < -0.3 is 4.74 Å². The minimum Gasteiger partial charge on any atom is -0.485 e. The van der Waals surface area contributed by atoms with Crippen molar-refractivity contribution in [3.63, 3.8) is 0 Å². The van der Waals surface area contributed by atoms with Gasteiger partial charge in [0.25, 0.3) is 0 Å². The molecule has 1 heterocycles. The Hall–Kier alpha value is -1.87. The van der Waals surface area contributed by atoms with Gasteiger partial charge in [0, 0.05) is 6.07 Å². The predicted molar refractivity (Wildman–Crippen MR) is 73.6 cm³/mol. The molecular formula is C15H15ClNO2+. The minimum absolute atomic E-state index is 0.0568. The first-order valence-corrected chi connectivity index (χ1v) is 6.42. The molecule has 2 rings (SSSR count). The van der Waals surface area contributed by atoms with E-state index in [0.29, 0.717) is 29.5 Å². The number of rotatable bonds is 5. The summed E-state index contributed by atoms with van der Waals surface area (Å²) in [5, 5.41) is 0.602. The highest BCUT2D eigenvalue weighted by Gasteiger charge is 2.07. The normalized spacial score (nSPS) is 10.2. The quantitative estimate of drug-likeness (QED) is 0.621. The fourth-order valence-electron chi connectivity index (χ4n) is 1.69.